The number of hydrogen-bond donors (Lipinski definition) is 2. The van der Waals surface area contributed by atoms with Gasteiger partial charge >= 0.3 is 6.03 Å². The lowest BCUT2D eigenvalue weighted by Crippen LogP contribution is -2.44. The second-order valence-electron chi connectivity index (χ2n) is 7.40. The number of urea groups is 1. The first-order chi connectivity index (χ1) is 15.1. The Labute approximate surface area is 190 Å². The standard InChI is InChI=1S/C23H23ClN4O2S/c24-19-8-4-5-9-20(19)27-23(30)28-12-10-16(11-13-28)21(29)25-14-18-15-31-22(26-18)17-6-2-1-3-7-17/h1-9,15-16H,10-14H2,(H,25,29)(H,27,30). The Bertz CT molecular complexity index is 1050. The van der Waals surface area contributed by atoms with Crippen LogP contribution in [0.2, 0.25) is 5.02 Å². The number of rotatable bonds is 5. The van der Waals surface area contributed by atoms with Gasteiger partial charge in [-0.1, -0.05) is 54.1 Å². The van der Waals surface area contributed by atoms with E-state index in [1.54, 1.807) is 28.4 Å². The number of thiazole rings is 1. The minimum atomic E-state index is -0.192. The molecule has 3 amide bonds. The minimum absolute atomic E-state index is 0.0143. The zero-order chi connectivity index (χ0) is 21.6. The van der Waals surface area contributed by atoms with E-state index in [4.69, 9.17) is 11.6 Å². The van der Waals surface area contributed by atoms with Crippen LogP contribution in [-0.4, -0.2) is 34.9 Å². The fourth-order valence-electron chi connectivity index (χ4n) is 3.53. The number of nitrogens with zero attached hydrogens (tertiary/aromatic N) is 2. The van der Waals surface area contributed by atoms with Gasteiger partial charge in [0.2, 0.25) is 5.91 Å². The van der Waals surface area contributed by atoms with Gasteiger partial charge in [0.25, 0.3) is 0 Å². The van der Waals surface area contributed by atoms with Crippen LogP contribution in [0.4, 0.5) is 10.5 Å². The summed E-state index contributed by atoms with van der Waals surface area (Å²) >= 11 is 7.68. The zero-order valence-electron chi connectivity index (χ0n) is 16.9. The molecule has 1 fully saturated rings. The van der Waals surface area contributed by atoms with Crippen molar-refractivity contribution in [2.45, 2.75) is 19.4 Å². The zero-order valence-corrected chi connectivity index (χ0v) is 18.5. The Kier molecular flexibility index (Phi) is 6.84. The van der Waals surface area contributed by atoms with Gasteiger partial charge in [0, 0.05) is 30.0 Å². The number of carbonyl (C=O) groups is 2. The van der Waals surface area contributed by atoms with Crippen molar-refractivity contribution in [3.8, 4) is 10.6 Å². The molecule has 2 N–H and O–H groups in total. The molecule has 0 aliphatic carbocycles. The fraction of sp³-hybridized carbons (Fsp3) is 0.261. The fourth-order valence-corrected chi connectivity index (χ4v) is 4.53. The first kappa shape index (κ1) is 21.3. The van der Waals surface area contributed by atoms with Crippen LogP contribution in [0.25, 0.3) is 10.6 Å². The molecule has 0 saturated carbocycles. The molecule has 0 atom stereocenters. The van der Waals surface area contributed by atoms with Crippen molar-refractivity contribution in [2.24, 2.45) is 5.92 Å². The van der Waals surface area contributed by atoms with E-state index in [9.17, 15) is 9.59 Å². The lowest BCUT2D eigenvalue weighted by Gasteiger charge is -2.31. The molecular weight excluding hydrogens is 432 g/mol. The number of aromatic nitrogens is 1. The summed E-state index contributed by atoms with van der Waals surface area (Å²) in [7, 11) is 0. The molecule has 1 saturated heterocycles. The van der Waals surface area contributed by atoms with Crippen LogP contribution in [0.15, 0.2) is 60.0 Å². The third-order valence-electron chi connectivity index (χ3n) is 5.28. The number of piperidine rings is 1. The van der Waals surface area contributed by atoms with E-state index in [-0.39, 0.29) is 17.9 Å². The molecule has 1 aromatic heterocycles. The van der Waals surface area contributed by atoms with Crippen molar-refractivity contribution in [3.05, 3.63) is 70.7 Å². The molecule has 3 aromatic rings. The molecule has 0 spiro atoms. The molecule has 0 radical (unpaired) electrons. The predicted molar refractivity (Wildman–Crippen MR) is 124 cm³/mol. The topological polar surface area (TPSA) is 74.3 Å². The molecule has 4 rings (SSSR count). The van der Waals surface area contributed by atoms with Crippen LogP contribution in [0, 0.1) is 5.92 Å². The molecule has 160 valence electrons. The Hall–Kier alpha value is -2.90. The molecule has 8 heteroatoms. The molecular formula is C23H23ClN4O2S. The third-order valence-corrected chi connectivity index (χ3v) is 6.55. The van der Waals surface area contributed by atoms with E-state index in [1.165, 1.54) is 0 Å². The third kappa shape index (κ3) is 5.42. The van der Waals surface area contributed by atoms with Crippen molar-refractivity contribution in [3.63, 3.8) is 0 Å². The summed E-state index contributed by atoms with van der Waals surface area (Å²) in [5, 5.41) is 9.25. The van der Waals surface area contributed by atoms with E-state index in [0.29, 0.717) is 43.2 Å². The van der Waals surface area contributed by atoms with Gasteiger partial charge in [-0.2, -0.15) is 0 Å². The van der Waals surface area contributed by atoms with Crippen molar-refractivity contribution < 1.29 is 9.59 Å². The number of hydrogen-bond acceptors (Lipinski definition) is 4. The van der Waals surface area contributed by atoms with Crippen LogP contribution in [-0.2, 0) is 11.3 Å². The number of halogens is 1. The van der Waals surface area contributed by atoms with E-state index >= 15 is 0 Å². The van der Waals surface area contributed by atoms with Gasteiger partial charge in [0.1, 0.15) is 5.01 Å². The van der Waals surface area contributed by atoms with Crippen LogP contribution in [0.5, 0.6) is 0 Å². The average Bonchev–Trinajstić information content (AvgIpc) is 3.29. The number of anilines is 1. The summed E-state index contributed by atoms with van der Waals surface area (Å²) in [5.74, 6) is -0.0861. The summed E-state index contributed by atoms with van der Waals surface area (Å²) in [6.07, 6.45) is 1.27. The second kappa shape index (κ2) is 9.94. The van der Waals surface area contributed by atoms with Gasteiger partial charge in [-0.05, 0) is 25.0 Å². The summed E-state index contributed by atoms with van der Waals surface area (Å²) in [4.78, 5) is 31.4. The Balaban J connectivity index is 1.24. The monoisotopic (exact) mass is 454 g/mol. The maximum atomic E-state index is 12.6. The van der Waals surface area contributed by atoms with Gasteiger partial charge in [-0.25, -0.2) is 9.78 Å². The second-order valence-corrected chi connectivity index (χ2v) is 8.66. The Morgan fingerprint density at radius 2 is 1.77 bits per heavy atom. The molecule has 2 heterocycles. The van der Waals surface area contributed by atoms with Gasteiger partial charge < -0.3 is 15.5 Å². The first-order valence-electron chi connectivity index (χ1n) is 10.2. The van der Waals surface area contributed by atoms with Crippen molar-refractivity contribution >= 4 is 40.6 Å². The predicted octanol–water partition coefficient (Wildman–Crippen LogP) is 5.02. The smallest absolute Gasteiger partial charge is 0.321 e. The van der Waals surface area contributed by atoms with Gasteiger partial charge in [0.15, 0.2) is 0 Å². The molecule has 6 nitrogen and oxygen atoms in total. The largest absolute Gasteiger partial charge is 0.350 e. The molecule has 1 aliphatic heterocycles. The summed E-state index contributed by atoms with van der Waals surface area (Å²) in [6.45, 7) is 1.47. The SMILES string of the molecule is O=C(NCc1csc(-c2ccccc2)n1)C1CCN(C(=O)Nc2ccccc2Cl)CC1. The normalized spacial score (nSPS) is 14.3. The highest BCUT2D eigenvalue weighted by atomic mass is 35.5. The van der Waals surface area contributed by atoms with Gasteiger partial charge in [0.05, 0.1) is 22.9 Å². The number of para-hydroxylation sites is 1. The molecule has 0 bridgehead atoms. The van der Waals surface area contributed by atoms with Gasteiger partial charge in [-0.3, -0.25) is 4.79 Å². The first-order valence-corrected chi connectivity index (χ1v) is 11.4. The van der Waals surface area contributed by atoms with Crippen LogP contribution < -0.4 is 10.6 Å². The molecule has 2 aromatic carbocycles. The highest BCUT2D eigenvalue weighted by molar-refractivity contribution is 7.13. The van der Waals surface area contributed by atoms with Gasteiger partial charge in [-0.15, -0.1) is 11.3 Å². The average molecular weight is 455 g/mol. The highest BCUT2D eigenvalue weighted by Crippen LogP contribution is 2.24. The molecule has 0 unspecified atom stereocenters. The maximum Gasteiger partial charge on any atom is 0.321 e. The van der Waals surface area contributed by atoms with Crippen molar-refractivity contribution in [1.82, 2.24) is 15.2 Å². The molecule has 31 heavy (non-hydrogen) atoms. The number of amides is 3. The maximum absolute atomic E-state index is 12.6. The van der Waals surface area contributed by atoms with E-state index in [0.717, 1.165) is 16.3 Å². The number of likely N-dealkylation sites (tertiary alicyclic amines) is 1. The Morgan fingerprint density at radius 3 is 2.52 bits per heavy atom. The summed E-state index contributed by atoms with van der Waals surface area (Å²) in [6, 6.07) is 16.9. The summed E-state index contributed by atoms with van der Waals surface area (Å²) < 4.78 is 0. The lowest BCUT2D eigenvalue weighted by atomic mass is 9.96. The van der Waals surface area contributed by atoms with Crippen LogP contribution >= 0.6 is 22.9 Å². The van der Waals surface area contributed by atoms with Crippen molar-refractivity contribution in [1.29, 1.82) is 0 Å². The van der Waals surface area contributed by atoms with E-state index in [1.807, 2.05) is 47.8 Å². The summed E-state index contributed by atoms with van der Waals surface area (Å²) in [5.41, 5.74) is 2.52. The quantitative estimate of drug-likeness (QED) is 0.568. The Morgan fingerprint density at radius 1 is 1.06 bits per heavy atom. The number of carbonyl (C=O) groups excluding carboxylic acids is 2. The van der Waals surface area contributed by atoms with Crippen molar-refractivity contribution in [2.75, 3.05) is 18.4 Å². The minimum Gasteiger partial charge on any atom is -0.350 e. The highest BCUT2D eigenvalue weighted by Gasteiger charge is 2.27. The van der Waals surface area contributed by atoms with E-state index < -0.39 is 0 Å². The lowest BCUT2D eigenvalue weighted by molar-refractivity contribution is -0.126. The van der Waals surface area contributed by atoms with Crippen LogP contribution in [0.1, 0.15) is 18.5 Å². The van der Waals surface area contributed by atoms with E-state index in [2.05, 4.69) is 15.6 Å². The van der Waals surface area contributed by atoms with Crippen LogP contribution in [0.3, 0.4) is 0 Å². The number of benzene rings is 2. The molecule has 1 aliphatic rings. The number of nitrogens with one attached hydrogen (secondary N) is 2.